The Kier molecular flexibility index (Phi) is 4.86. The molecule has 1 aromatic carbocycles. The maximum absolute atomic E-state index is 12.4. The van der Waals surface area contributed by atoms with Crippen molar-refractivity contribution in [3.8, 4) is 5.75 Å². The maximum Gasteiger partial charge on any atom is 0.317 e. The van der Waals surface area contributed by atoms with Crippen LogP contribution >= 0.6 is 0 Å². The molecule has 0 radical (unpaired) electrons. The summed E-state index contributed by atoms with van der Waals surface area (Å²) in [6, 6.07) is 8.75. The number of benzene rings is 1. The number of carbonyl (C=O) groups is 1. The molecule has 3 rings (SSSR count). The van der Waals surface area contributed by atoms with Crippen molar-refractivity contribution >= 4 is 6.03 Å². The summed E-state index contributed by atoms with van der Waals surface area (Å²) >= 11 is 0. The first-order valence-corrected chi connectivity index (χ1v) is 8.45. The summed E-state index contributed by atoms with van der Waals surface area (Å²) in [5.74, 6) is 1.33. The standard InChI is InChI=1S/C18H26N2O2/c1-22-17-9-7-14(8-10-17)15-11-12-20(13-15)18(21)19-16-5-3-2-4-6-16/h7-10,15-16H,2-6,11-13H2,1H3,(H,19,21). The van der Waals surface area contributed by atoms with Gasteiger partial charge in [-0.05, 0) is 37.0 Å². The van der Waals surface area contributed by atoms with E-state index in [1.807, 2.05) is 17.0 Å². The van der Waals surface area contributed by atoms with Crippen molar-refractivity contribution in [2.24, 2.45) is 0 Å². The second-order valence-electron chi connectivity index (χ2n) is 6.49. The average Bonchev–Trinajstić information content (AvgIpc) is 3.06. The molecule has 1 saturated carbocycles. The lowest BCUT2D eigenvalue weighted by Gasteiger charge is -2.26. The molecule has 4 heteroatoms. The minimum atomic E-state index is 0.128. The molecular formula is C18H26N2O2. The van der Waals surface area contributed by atoms with Gasteiger partial charge in [-0.2, -0.15) is 0 Å². The third-order valence-electron chi connectivity index (χ3n) is 5.00. The SMILES string of the molecule is COc1ccc(C2CCN(C(=O)NC3CCCCC3)C2)cc1. The highest BCUT2D eigenvalue weighted by Crippen LogP contribution is 2.28. The van der Waals surface area contributed by atoms with Gasteiger partial charge < -0.3 is 15.0 Å². The molecule has 0 aromatic heterocycles. The second kappa shape index (κ2) is 7.03. The number of nitrogens with zero attached hydrogens (tertiary/aromatic N) is 1. The molecule has 4 nitrogen and oxygen atoms in total. The molecule has 120 valence electrons. The predicted octanol–water partition coefficient (Wildman–Crippen LogP) is 3.53. The molecular weight excluding hydrogens is 276 g/mol. The van der Waals surface area contributed by atoms with Gasteiger partial charge in [-0.3, -0.25) is 0 Å². The van der Waals surface area contributed by atoms with Gasteiger partial charge in [-0.25, -0.2) is 4.79 Å². The lowest BCUT2D eigenvalue weighted by molar-refractivity contribution is 0.200. The summed E-state index contributed by atoms with van der Waals surface area (Å²) in [7, 11) is 1.68. The molecule has 1 aromatic rings. The number of hydrogen-bond donors (Lipinski definition) is 1. The Balaban J connectivity index is 1.53. The van der Waals surface area contributed by atoms with Crippen LogP contribution < -0.4 is 10.1 Å². The zero-order valence-corrected chi connectivity index (χ0v) is 13.4. The number of rotatable bonds is 3. The van der Waals surface area contributed by atoms with E-state index in [9.17, 15) is 4.79 Å². The zero-order valence-electron chi connectivity index (χ0n) is 13.4. The van der Waals surface area contributed by atoms with E-state index in [1.54, 1.807) is 7.11 Å². The van der Waals surface area contributed by atoms with Gasteiger partial charge in [0.1, 0.15) is 5.75 Å². The van der Waals surface area contributed by atoms with Crippen LogP contribution in [0.2, 0.25) is 0 Å². The summed E-state index contributed by atoms with van der Waals surface area (Å²) in [4.78, 5) is 14.4. The molecule has 1 atom stereocenters. The van der Waals surface area contributed by atoms with Crippen LogP contribution in [0, 0.1) is 0 Å². The molecule has 1 aliphatic carbocycles. The second-order valence-corrected chi connectivity index (χ2v) is 6.49. The van der Waals surface area contributed by atoms with E-state index >= 15 is 0 Å². The van der Waals surface area contributed by atoms with Gasteiger partial charge >= 0.3 is 6.03 Å². The quantitative estimate of drug-likeness (QED) is 0.928. The average molecular weight is 302 g/mol. The van der Waals surface area contributed by atoms with Gasteiger partial charge in [0.05, 0.1) is 7.11 Å². The minimum absolute atomic E-state index is 0.128. The van der Waals surface area contributed by atoms with Crippen LogP contribution in [0.5, 0.6) is 5.75 Å². The van der Waals surface area contributed by atoms with E-state index in [0.29, 0.717) is 12.0 Å². The van der Waals surface area contributed by atoms with E-state index in [2.05, 4.69) is 17.4 Å². The summed E-state index contributed by atoms with van der Waals surface area (Å²) in [6.45, 7) is 1.68. The Bertz CT molecular complexity index is 494. The molecule has 22 heavy (non-hydrogen) atoms. The van der Waals surface area contributed by atoms with Gasteiger partial charge in [-0.15, -0.1) is 0 Å². The smallest absolute Gasteiger partial charge is 0.317 e. The normalized spacial score (nSPS) is 22.6. The highest BCUT2D eigenvalue weighted by molar-refractivity contribution is 5.75. The van der Waals surface area contributed by atoms with E-state index in [1.165, 1.54) is 24.8 Å². The van der Waals surface area contributed by atoms with Crippen LogP contribution in [0.25, 0.3) is 0 Å². The Hall–Kier alpha value is -1.71. The van der Waals surface area contributed by atoms with Gasteiger partial charge in [0.2, 0.25) is 0 Å². The molecule has 1 saturated heterocycles. The number of amides is 2. The summed E-state index contributed by atoms with van der Waals surface area (Å²) in [5, 5.41) is 3.22. The number of methoxy groups -OCH3 is 1. The van der Waals surface area contributed by atoms with E-state index in [0.717, 1.165) is 38.1 Å². The first-order valence-electron chi connectivity index (χ1n) is 8.45. The Morgan fingerprint density at radius 3 is 2.55 bits per heavy atom. The fraction of sp³-hybridized carbons (Fsp3) is 0.611. The topological polar surface area (TPSA) is 41.6 Å². The fourth-order valence-corrected chi connectivity index (χ4v) is 3.61. The Morgan fingerprint density at radius 2 is 1.86 bits per heavy atom. The van der Waals surface area contributed by atoms with Crippen molar-refractivity contribution in [3.63, 3.8) is 0 Å². The Labute approximate surface area is 132 Å². The van der Waals surface area contributed by atoms with Gasteiger partial charge in [0, 0.05) is 25.0 Å². The molecule has 1 aliphatic heterocycles. The zero-order chi connectivity index (χ0) is 15.4. The molecule has 0 spiro atoms. The van der Waals surface area contributed by atoms with Crippen LogP contribution in [0.4, 0.5) is 4.79 Å². The van der Waals surface area contributed by atoms with Crippen molar-refractivity contribution in [2.75, 3.05) is 20.2 Å². The first kappa shape index (κ1) is 15.2. The molecule has 0 bridgehead atoms. The molecule has 1 heterocycles. The molecule has 2 aliphatic rings. The molecule has 2 fully saturated rings. The molecule has 1 unspecified atom stereocenters. The largest absolute Gasteiger partial charge is 0.497 e. The summed E-state index contributed by atoms with van der Waals surface area (Å²) in [6.07, 6.45) is 7.14. The summed E-state index contributed by atoms with van der Waals surface area (Å²) < 4.78 is 5.20. The van der Waals surface area contributed by atoms with Crippen molar-refractivity contribution in [1.29, 1.82) is 0 Å². The van der Waals surface area contributed by atoms with E-state index < -0.39 is 0 Å². The maximum atomic E-state index is 12.4. The van der Waals surface area contributed by atoms with E-state index in [4.69, 9.17) is 4.74 Å². The van der Waals surface area contributed by atoms with Crippen LogP contribution in [-0.4, -0.2) is 37.2 Å². The third kappa shape index (κ3) is 3.54. The number of likely N-dealkylation sites (tertiary alicyclic amines) is 1. The van der Waals surface area contributed by atoms with Crippen molar-refractivity contribution in [1.82, 2.24) is 10.2 Å². The first-order chi connectivity index (χ1) is 10.8. The summed E-state index contributed by atoms with van der Waals surface area (Å²) in [5.41, 5.74) is 1.30. The van der Waals surface area contributed by atoms with Crippen molar-refractivity contribution in [2.45, 2.75) is 50.5 Å². The monoisotopic (exact) mass is 302 g/mol. The Morgan fingerprint density at radius 1 is 1.14 bits per heavy atom. The minimum Gasteiger partial charge on any atom is -0.497 e. The molecule has 1 N–H and O–H groups in total. The van der Waals surface area contributed by atoms with Crippen LogP contribution in [0.15, 0.2) is 24.3 Å². The number of carbonyl (C=O) groups excluding carboxylic acids is 1. The van der Waals surface area contributed by atoms with Crippen LogP contribution in [-0.2, 0) is 0 Å². The highest BCUT2D eigenvalue weighted by atomic mass is 16.5. The van der Waals surface area contributed by atoms with Gasteiger partial charge in [-0.1, -0.05) is 31.4 Å². The number of urea groups is 1. The van der Waals surface area contributed by atoms with Crippen molar-refractivity contribution in [3.05, 3.63) is 29.8 Å². The fourth-order valence-electron chi connectivity index (χ4n) is 3.61. The third-order valence-corrected chi connectivity index (χ3v) is 5.00. The lowest BCUT2D eigenvalue weighted by atomic mass is 9.96. The van der Waals surface area contributed by atoms with Crippen LogP contribution in [0.3, 0.4) is 0 Å². The van der Waals surface area contributed by atoms with E-state index in [-0.39, 0.29) is 6.03 Å². The van der Waals surface area contributed by atoms with Crippen LogP contribution in [0.1, 0.15) is 50.0 Å². The van der Waals surface area contributed by atoms with Gasteiger partial charge in [0.25, 0.3) is 0 Å². The number of ether oxygens (including phenoxy) is 1. The lowest BCUT2D eigenvalue weighted by Crippen LogP contribution is -2.44. The predicted molar refractivity (Wildman–Crippen MR) is 87.3 cm³/mol. The molecule has 2 amide bonds. The number of nitrogens with one attached hydrogen (secondary N) is 1. The highest BCUT2D eigenvalue weighted by Gasteiger charge is 2.28. The van der Waals surface area contributed by atoms with Crippen molar-refractivity contribution < 1.29 is 9.53 Å². The number of hydrogen-bond acceptors (Lipinski definition) is 2. The van der Waals surface area contributed by atoms with Gasteiger partial charge in [0.15, 0.2) is 0 Å².